The number of carbonyl (C=O) groups is 5. The van der Waals surface area contributed by atoms with E-state index in [1.165, 1.54) is 40.5 Å². The molecule has 0 saturated heterocycles. The fourth-order valence-electron chi connectivity index (χ4n) is 6.85. The van der Waals surface area contributed by atoms with E-state index in [1.807, 2.05) is 25.1 Å². The first-order valence-electron chi connectivity index (χ1n) is 18.8. The summed E-state index contributed by atoms with van der Waals surface area (Å²) in [4.78, 5) is 72.0. The lowest BCUT2D eigenvalue weighted by Gasteiger charge is -2.21. The lowest BCUT2D eigenvalue weighted by atomic mass is 9.93. The number of aryl methyl sites for hydroxylation is 1. The summed E-state index contributed by atoms with van der Waals surface area (Å²) in [7, 11) is 7.38. The van der Waals surface area contributed by atoms with Crippen LogP contribution in [0.5, 0.6) is 11.5 Å². The first-order chi connectivity index (χ1) is 27.9. The van der Waals surface area contributed by atoms with E-state index in [0.717, 1.165) is 10.5 Å². The Balaban J connectivity index is 1.23. The van der Waals surface area contributed by atoms with Gasteiger partial charge in [0.05, 0.1) is 49.9 Å². The SMILES string of the molecule is CC[C@@H]1CN(C(=O)c2cc3cc(OC)ccc3o2)c2cc(OC(=O)N(C)c3ccccc3SSCCC(=O)NCCOCCC(C)=O)c3[nH]c(C)c(C(=O)OC)c3c21. The number of H-pyrrole nitrogens is 1. The van der Waals surface area contributed by atoms with Crippen LogP contribution in [0, 0.1) is 6.92 Å². The number of hydrogen-bond donors (Lipinski definition) is 2. The number of aromatic amines is 1. The fourth-order valence-corrected chi connectivity index (χ4v) is 9.06. The van der Waals surface area contributed by atoms with E-state index in [-0.39, 0.29) is 41.4 Å². The van der Waals surface area contributed by atoms with Gasteiger partial charge in [-0.3, -0.25) is 19.3 Å². The number of anilines is 2. The van der Waals surface area contributed by atoms with Gasteiger partial charge in [-0.25, -0.2) is 9.59 Å². The van der Waals surface area contributed by atoms with Gasteiger partial charge in [-0.2, -0.15) is 0 Å². The van der Waals surface area contributed by atoms with E-state index in [9.17, 15) is 24.0 Å². The van der Waals surface area contributed by atoms with Crippen molar-refractivity contribution in [2.45, 2.75) is 50.8 Å². The average molecular weight is 831 g/mol. The summed E-state index contributed by atoms with van der Waals surface area (Å²) in [5, 5.41) is 4.05. The second kappa shape index (κ2) is 18.9. The number of Topliss-reactive ketones (excluding diaryl/α,β-unsaturated/α-hetero) is 1. The molecule has 2 aromatic heterocycles. The van der Waals surface area contributed by atoms with Crippen LogP contribution < -0.4 is 24.6 Å². The second-order valence-corrected chi connectivity index (χ2v) is 16.1. The molecule has 0 radical (unpaired) electrons. The molecule has 1 aliphatic heterocycles. The maximum Gasteiger partial charge on any atom is 0.419 e. The maximum absolute atomic E-state index is 14.3. The number of hydrogen-bond acceptors (Lipinski definition) is 12. The third-order valence-electron chi connectivity index (χ3n) is 9.84. The third kappa shape index (κ3) is 9.14. The zero-order chi connectivity index (χ0) is 41.5. The predicted molar refractivity (Wildman–Crippen MR) is 225 cm³/mol. The van der Waals surface area contributed by atoms with Crippen molar-refractivity contribution in [1.82, 2.24) is 10.3 Å². The van der Waals surface area contributed by atoms with Crippen LogP contribution >= 0.6 is 21.6 Å². The number of amides is 3. The summed E-state index contributed by atoms with van der Waals surface area (Å²) in [6, 6.07) is 16.0. The van der Waals surface area contributed by atoms with Gasteiger partial charge in [0, 0.05) is 72.1 Å². The van der Waals surface area contributed by atoms with Crippen LogP contribution in [0.25, 0.3) is 21.9 Å². The molecule has 2 N–H and O–H groups in total. The number of nitrogens with zero attached hydrogens (tertiary/aromatic N) is 2. The lowest BCUT2D eigenvalue weighted by molar-refractivity contribution is -0.121. The van der Waals surface area contributed by atoms with Crippen molar-refractivity contribution in [1.29, 1.82) is 0 Å². The van der Waals surface area contributed by atoms with Crippen LogP contribution in [0.3, 0.4) is 0 Å². The highest BCUT2D eigenvalue weighted by molar-refractivity contribution is 8.76. The van der Waals surface area contributed by atoms with Crippen molar-refractivity contribution in [2.75, 3.05) is 63.1 Å². The zero-order valence-corrected chi connectivity index (χ0v) is 34.9. The number of nitrogens with one attached hydrogen (secondary N) is 2. The Kier molecular flexibility index (Phi) is 13.7. The quantitative estimate of drug-likeness (QED) is 0.0526. The fraction of sp³-hybridized carbons (Fsp3) is 0.357. The van der Waals surface area contributed by atoms with Crippen LogP contribution in [-0.2, 0) is 19.1 Å². The molecule has 0 fully saturated rings. The van der Waals surface area contributed by atoms with E-state index >= 15 is 0 Å². The van der Waals surface area contributed by atoms with Gasteiger partial charge >= 0.3 is 12.1 Å². The third-order valence-corrected chi connectivity index (χ3v) is 12.2. The van der Waals surface area contributed by atoms with E-state index in [4.69, 9.17) is 23.4 Å². The predicted octanol–water partition coefficient (Wildman–Crippen LogP) is 8.05. The summed E-state index contributed by atoms with van der Waals surface area (Å²) >= 11 is 0. The highest BCUT2D eigenvalue weighted by Crippen LogP contribution is 2.49. The van der Waals surface area contributed by atoms with Gasteiger partial charge in [0.25, 0.3) is 5.91 Å². The first-order valence-corrected chi connectivity index (χ1v) is 21.1. The van der Waals surface area contributed by atoms with Gasteiger partial charge < -0.3 is 38.6 Å². The largest absolute Gasteiger partial charge is 0.497 e. The highest BCUT2D eigenvalue weighted by Gasteiger charge is 2.39. The first kappa shape index (κ1) is 42.2. The Labute approximate surface area is 343 Å². The topological polar surface area (TPSA) is 170 Å². The van der Waals surface area contributed by atoms with E-state index < -0.39 is 12.1 Å². The van der Waals surface area contributed by atoms with Crippen molar-refractivity contribution in [3.8, 4) is 11.5 Å². The molecule has 0 aliphatic carbocycles. The minimum Gasteiger partial charge on any atom is -0.497 e. The summed E-state index contributed by atoms with van der Waals surface area (Å²) in [5.74, 6) is 0.243. The van der Waals surface area contributed by atoms with Crippen LogP contribution in [0.1, 0.15) is 71.2 Å². The van der Waals surface area contributed by atoms with Crippen LogP contribution in [-0.4, -0.2) is 88.0 Å². The van der Waals surface area contributed by atoms with Gasteiger partial charge in [0.1, 0.15) is 17.1 Å². The Hall–Kier alpha value is -5.45. The molecule has 58 heavy (non-hydrogen) atoms. The summed E-state index contributed by atoms with van der Waals surface area (Å²) < 4.78 is 28.1. The van der Waals surface area contributed by atoms with Crippen molar-refractivity contribution in [2.24, 2.45) is 0 Å². The molecule has 1 aliphatic rings. The zero-order valence-electron chi connectivity index (χ0n) is 33.2. The minimum atomic E-state index is -0.704. The number of methoxy groups -OCH3 is 2. The van der Waals surface area contributed by atoms with Crippen LogP contribution in [0.15, 0.2) is 63.9 Å². The molecular weight excluding hydrogens is 785 g/mol. The summed E-state index contributed by atoms with van der Waals surface area (Å²) in [6.07, 6.45) is 0.587. The average Bonchev–Trinajstić information content (AvgIpc) is 3.92. The molecular formula is C42H46N4O10S2. The number of ketones is 1. The number of ether oxygens (including phenoxy) is 4. The Morgan fingerprint density at radius 3 is 2.57 bits per heavy atom. The standard InChI is InChI=1S/C42H46N4O10S2/c1-7-26-23-46(40(49)33-21-27-20-28(52-5)12-13-31(27)55-33)30-22-32(39-38(37(26)30)36(25(3)44-39)41(50)53-6)56-42(51)45(4)29-10-8-9-11-34(29)58-57-19-15-35(48)43-16-18-54-17-14-24(2)47/h8-13,20-22,26,44H,7,14-19,23H2,1-6H3,(H,43,48)/t26-/m1/s1. The molecule has 5 aromatic rings. The summed E-state index contributed by atoms with van der Waals surface area (Å²) in [6.45, 7) is 6.60. The van der Waals surface area contributed by atoms with Crippen molar-refractivity contribution in [3.63, 3.8) is 0 Å². The van der Waals surface area contributed by atoms with Crippen LogP contribution in [0.4, 0.5) is 16.2 Å². The number of carbonyl (C=O) groups excluding carboxylic acids is 5. The number of furan rings is 1. The number of para-hydroxylation sites is 1. The van der Waals surface area contributed by atoms with Crippen LogP contribution in [0.2, 0.25) is 0 Å². The Morgan fingerprint density at radius 1 is 1.03 bits per heavy atom. The Bertz CT molecular complexity index is 2360. The maximum atomic E-state index is 14.3. The smallest absolute Gasteiger partial charge is 0.419 e. The Morgan fingerprint density at radius 2 is 1.83 bits per heavy atom. The number of esters is 1. The minimum absolute atomic E-state index is 0.0559. The normalized spacial score (nSPS) is 13.4. The molecule has 306 valence electrons. The van der Waals surface area contributed by atoms with Gasteiger partial charge in [-0.05, 0) is 62.2 Å². The van der Waals surface area contributed by atoms with Gasteiger partial charge in [0.15, 0.2) is 11.5 Å². The summed E-state index contributed by atoms with van der Waals surface area (Å²) in [5.41, 5.74) is 3.63. The monoisotopic (exact) mass is 830 g/mol. The van der Waals surface area contributed by atoms with Crippen molar-refractivity contribution in [3.05, 3.63) is 77.2 Å². The molecule has 16 heteroatoms. The van der Waals surface area contributed by atoms with Crippen molar-refractivity contribution >= 4 is 84.5 Å². The van der Waals surface area contributed by atoms with Crippen molar-refractivity contribution < 1.29 is 47.3 Å². The molecule has 14 nitrogen and oxygen atoms in total. The van der Waals surface area contributed by atoms with E-state index in [2.05, 4.69) is 10.3 Å². The van der Waals surface area contributed by atoms with E-state index in [0.29, 0.717) is 95.2 Å². The molecule has 0 bridgehead atoms. The van der Waals surface area contributed by atoms with Gasteiger partial charge in [-0.1, -0.05) is 40.6 Å². The number of fused-ring (bicyclic) bond motifs is 4. The molecule has 0 saturated carbocycles. The molecule has 3 heterocycles. The molecule has 0 unspecified atom stereocenters. The number of aromatic nitrogens is 1. The van der Waals surface area contributed by atoms with Gasteiger partial charge in [0.2, 0.25) is 5.91 Å². The molecule has 3 aromatic carbocycles. The lowest BCUT2D eigenvalue weighted by Crippen LogP contribution is -2.30. The molecule has 1 atom stereocenters. The second-order valence-electron chi connectivity index (χ2n) is 13.7. The number of benzene rings is 3. The molecule has 6 rings (SSSR count). The highest BCUT2D eigenvalue weighted by atomic mass is 33.1. The van der Waals surface area contributed by atoms with E-state index in [1.54, 1.807) is 62.4 Å². The van der Waals surface area contributed by atoms with Gasteiger partial charge in [-0.15, -0.1) is 0 Å². The molecule has 0 spiro atoms. The molecule has 3 amide bonds. The number of rotatable bonds is 17.